The van der Waals surface area contributed by atoms with E-state index in [9.17, 15) is 4.79 Å². The number of hydrogen-bond acceptors (Lipinski definition) is 5. The van der Waals surface area contributed by atoms with Gasteiger partial charge < -0.3 is 14.8 Å². The summed E-state index contributed by atoms with van der Waals surface area (Å²) in [6.45, 7) is 5.21. The zero-order chi connectivity index (χ0) is 14.4. The maximum absolute atomic E-state index is 12.2. The fourth-order valence-corrected chi connectivity index (χ4v) is 2.67. The zero-order valence-corrected chi connectivity index (χ0v) is 12.4. The van der Waals surface area contributed by atoms with Gasteiger partial charge in [0.25, 0.3) is 5.91 Å². The predicted octanol–water partition coefficient (Wildman–Crippen LogP) is 2.43. The Balaban J connectivity index is 2.02. The van der Waals surface area contributed by atoms with Crippen molar-refractivity contribution in [1.82, 2.24) is 10.3 Å². The molecule has 2 rings (SSSR count). The van der Waals surface area contributed by atoms with Crippen LogP contribution in [0.2, 0.25) is 0 Å². The smallest absolute Gasteiger partial charge is 0.252 e. The van der Waals surface area contributed by atoms with Gasteiger partial charge in [-0.15, -0.1) is 11.3 Å². The largest absolute Gasteiger partial charge is 0.351 e. The Kier molecular flexibility index (Phi) is 5.46. The first-order valence-electron chi connectivity index (χ1n) is 6.59. The summed E-state index contributed by atoms with van der Waals surface area (Å²) in [4.78, 5) is 16.4. The van der Waals surface area contributed by atoms with Gasteiger partial charge in [-0.3, -0.25) is 4.79 Å². The molecule has 0 fully saturated rings. The van der Waals surface area contributed by atoms with Gasteiger partial charge in [-0.05, 0) is 26.0 Å². The molecule has 1 amide bonds. The number of carbonyl (C=O) groups excluding carboxylic acids is 1. The summed E-state index contributed by atoms with van der Waals surface area (Å²) in [5.74, 6) is -0.135. The molecule has 0 spiro atoms. The third kappa shape index (κ3) is 3.53. The van der Waals surface area contributed by atoms with Gasteiger partial charge in [-0.1, -0.05) is 6.07 Å². The van der Waals surface area contributed by atoms with Crippen molar-refractivity contribution >= 4 is 27.5 Å². The number of aromatic nitrogens is 1. The molecule has 0 aliphatic carbocycles. The maximum Gasteiger partial charge on any atom is 0.252 e. The molecule has 0 unspecified atom stereocenters. The van der Waals surface area contributed by atoms with Gasteiger partial charge in [0.1, 0.15) is 0 Å². The number of amides is 1. The molecule has 20 heavy (non-hydrogen) atoms. The van der Waals surface area contributed by atoms with Gasteiger partial charge in [-0.25, -0.2) is 4.98 Å². The van der Waals surface area contributed by atoms with Crippen molar-refractivity contribution in [3.8, 4) is 0 Å². The number of carbonyl (C=O) groups is 1. The van der Waals surface area contributed by atoms with Crippen LogP contribution in [0.3, 0.4) is 0 Å². The Labute approximate surface area is 121 Å². The van der Waals surface area contributed by atoms with Gasteiger partial charge >= 0.3 is 0 Å². The number of ether oxygens (including phenoxy) is 2. The number of rotatable bonds is 7. The van der Waals surface area contributed by atoms with Crippen molar-refractivity contribution in [3.05, 3.63) is 29.3 Å². The van der Waals surface area contributed by atoms with Crippen LogP contribution in [-0.4, -0.2) is 36.9 Å². The minimum Gasteiger partial charge on any atom is -0.351 e. The average Bonchev–Trinajstić information content (AvgIpc) is 2.93. The number of nitrogens with zero attached hydrogens (tertiary/aromatic N) is 1. The zero-order valence-electron chi connectivity index (χ0n) is 11.6. The fraction of sp³-hybridized carbons (Fsp3) is 0.429. The second-order valence-corrected chi connectivity index (χ2v) is 4.91. The Morgan fingerprint density at radius 3 is 2.80 bits per heavy atom. The predicted molar refractivity (Wildman–Crippen MR) is 79.0 cm³/mol. The lowest BCUT2D eigenvalue weighted by molar-refractivity contribution is -0.131. The van der Waals surface area contributed by atoms with Crippen LogP contribution in [0.15, 0.2) is 23.7 Å². The summed E-state index contributed by atoms with van der Waals surface area (Å²) in [5, 5.41) is 2.84. The van der Waals surface area contributed by atoms with E-state index >= 15 is 0 Å². The van der Waals surface area contributed by atoms with E-state index in [0.717, 1.165) is 10.2 Å². The first-order chi connectivity index (χ1) is 9.76. The van der Waals surface area contributed by atoms with Crippen molar-refractivity contribution in [2.75, 3.05) is 19.8 Å². The van der Waals surface area contributed by atoms with E-state index in [2.05, 4.69) is 10.3 Å². The van der Waals surface area contributed by atoms with Gasteiger partial charge in [0.15, 0.2) is 6.29 Å². The number of fused-ring (bicyclic) bond motifs is 1. The van der Waals surface area contributed by atoms with Crippen LogP contribution in [0.25, 0.3) is 10.2 Å². The number of benzene rings is 1. The summed E-state index contributed by atoms with van der Waals surface area (Å²) in [6.07, 6.45) is -0.408. The second kappa shape index (κ2) is 7.33. The molecule has 1 heterocycles. The van der Waals surface area contributed by atoms with E-state index < -0.39 is 6.29 Å². The molecule has 1 N–H and O–H groups in total. The van der Waals surface area contributed by atoms with E-state index in [1.54, 1.807) is 11.6 Å². The number of thiazole rings is 1. The van der Waals surface area contributed by atoms with E-state index in [0.29, 0.717) is 25.3 Å². The van der Waals surface area contributed by atoms with Gasteiger partial charge in [-0.2, -0.15) is 0 Å². The summed E-state index contributed by atoms with van der Waals surface area (Å²) in [6, 6.07) is 5.53. The molecule has 1 aromatic carbocycles. The molecule has 0 saturated carbocycles. The van der Waals surface area contributed by atoms with E-state index in [-0.39, 0.29) is 5.91 Å². The van der Waals surface area contributed by atoms with E-state index in [4.69, 9.17) is 9.47 Å². The van der Waals surface area contributed by atoms with Crippen molar-refractivity contribution in [3.63, 3.8) is 0 Å². The van der Waals surface area contributed by atoms with E-state index in [1.807, 2.05) is 26.0 Å². The monoisotopic (exact) mass is 294 g/mol. The number of nitrogens with one attached hydrogen (secondary N) is 1. The first kappa shape index (κ1) is 14.9. The average molecular weight is 294 g/mol. The van der Waals surface area contributed by atoms with Crippen molar-refractivity contribution in [2.45, 2.75) is 20.1 Å². The van der Waals surface area contributed by atoms with Crippen molar-refractivity contribution in [1.29, 1.82) is 0 Å². The van der Waals surface area contributed by atoms with Gasteiger partial charge in [0, 0.05) is 13.2 Å². The lowest BCUT2D eigenvalue weighted by Crippen LogP contribution is -2.35. The van der Waals surface area contributed by atoms with Crippen molar-refractivity contribution in [2.24, 2.45) is 0 Å². The SMILES string of the molecule is CCOC(CNC(=O)c1cccc2ncsc12)OCC. The van der Waals surface area contributed by atoms with Crippen LogP contribution >= 0.6 is 11.3 Å². The summed E-state index contributed by atoms with van der Waals surface area (Å²) >= 11 is 1.46. The molecule has 0 radical (unpaired) electrons. The Morgan fingerprint density at radius 1 is 1.35 bits per heavy atom. The van der Waals surface area contributed by atoms with Gasteiger partial charge in [0.05, 0.1) is 27.8 Å². The third-order valence-corrected chi connectivity index (χ3v) is 3.61. The summed E-state index contributed by atoms with van der Waals surface area (Å²) < 4.78 is 11.7. The minimum absolute atomic E-state index is 0.135. The highest BCUT2D eigenvalue weighted by Crippen LogP contribution is 2.21. The molecule has 0 aliphatic heterocycles. The Morgan fingerprint density at radius 2 is 2.10 bits per heavy atom. The number of hydrogen-bond donors (Lipinski definition) is 1. The summed E-state index contributed by atoms with van der Waals surface area (Å²) in [7, 11) is 0. The highest BCUT2D eigenvalue weighted by Gasteiger charge is 2.14. The van der Waals surface area contributed by atoms with Crippen LogP contribution in [0, 0.1) is 0 Å². The molecule has 2 aromatic rings. The molecule has 0 atom stereocenters. The third-order valence-electron chi connectivity index (χ3n) is 2.74. The van der Waals surface area contributed by atoms with Crippen LogP contribution in [0.1, 0.15) is 24.2 Å². The quantitative estimate of drug-likeness (QED) is 0.797. The van der Waals surface area contributed by atoms with Crippen molar-refractivity contribution < 1.29 is 14.3 Å². The van der Waals surface area contributed by atoms with Crippen LogP contribution in [0.5, 0.6) is 0 Å². The highest BCUT2D eigenvalue weighted by atomic mass is 32.1. The molecule has 0 bridgehead atoms. The lowest BCUT2D eigenvalue weighted by atomic mass is 10.2. The second-order valence-electron chi connectivity index (χ2n) is 4.06. The van der Waals surface area contributed by atoms with E-state index in [1.165, 1.54) is 11.3 Å². The first-order valence-corrected chi connectivity index (χ1v) is 7.47. The fourth-order valence-electron chi connectivity index (χ4n) is 1.87. The molecule has 0 saturated heterocycles. The Bertz CT molecular complexity index is 564. The molecular weight excluding hydrogens is 276 g/mol. The minimum atomic E-state index is -0.408. The normalized spacial score (nSPS) is 11.2. The maximum atomic E-state index is 12.2. The molecule has 108 valence electrons. The standard InChI is InChI=1S/C14H18N2O3S/c1-3-18-12(19-4-2)8-15-14(17)10-6-5-7-11-13(10)20-9-16-11/h5-7,9,12H,3-4,8H2,1-2H3,(H,15,17). The topological polar surface area (TPSA) is 60.5 Å². The van der Waals surface area contributed by atoms with Crippen LogP contribution < -0.4 is 5.32 Å². The molecule has 6 heteroatoms. The molecule has 0 aliphatic rings. The molecule has 1 aromatic heterocycles. The summed E-state index contributed by atoms with van der Waals surface area (Å²) in [5.41, 5.74) is 3.22. The van der Waals surface area contributed by atoms with Gasteiger partial charge in [0.2, 0.25) is 0 Å². The Hall–Kier alpha value is -1.50. The van der Waals surface area contributed by atoms with Crippen LogP contribution in [0.4, 0.5) is 0 Å². The lowest BCUT2D eigenvalue weighted by Gasteiger charge is -2.17. The highest BCUT2D eigenvalue weighted by molar-refractivity contribution is 7.17. The van der Waals surface area contributed by atoms with Crippen LogP contribution in [-0.2, 0) is 9.47 Å². The molecule has 5 nitrogen and oxygen atoms in total. The molecular formula is C14H18N2O3S.